The molecule has 4 heteroatoms. The molecule has 0 bridgehead atoms. The van der Waals surface area contributed by atoms with Gasteiger partial charge in [-0.15, -0.1) is 0 Å². The van der Waals surface area contributed by atoms with Gasteiger partial charge in [-0.2, -0.15) is 0 Å². The molecule has 1 N–H and O–H groups in total. The summed E-state index contributed by atoms with van der Waals surface area (Å²) in [6.07, 6.45) is 5.75. The van der Waals surface area contributed by atoms with E-state index in [0.29, 0.717) is 12.2 Å². The molecule has 0 saturated carbocycles. The Bertz CT molecular complexity index is 200. The van der Waals surface area contributed by atoms with Gasteiger partial charge in [0.25, 0.3) is 0 Å². The van der Waals surface area contributed by atoms with Crippen molar-refractivity contribution in [1.82, 2.24) is 10.2 Å². The van der Waals surface area contributed by atoms with E-state index in [1.54, 1.807) is 7.11 Å². The van der Waals surface area contributed by atoms with Crippen LogP contribution in [0.4, 0.5) is 0 Å². The molecule has 0 aliphatic carbocycles. The van der Waals surface area contributed by atoms with Gasteiger partial charge in [0.15, 0.2) is 0 Å². The van der Waals surface area contributed by atoms with E-state index in [-0.39, 0.29) is 0 Å². The van der Waals surface area contributed by atoms with Crippen molar-refractivity contribution in [3.05, 3.63) is 0 Å². The van der Waals surface area contributed by atoms with E-state index >= 15 is 0 Å². The minimum absolute atomic E-state index is 0.497. The molecule has 4 nitrogen and oxygen atoms in total. The number of piperidine rings is 2. The van der Waals surface area contributed by atoms with Gasteiger partial charge >= 0.3 is 0 Å². The third-order valence-electron chi connectivity index (χ3n) is 3.82. The summed E-state index contributed by atoms with van der Waals surface area (Å²) < 4.78 is 11.3. The highest BCUT2D eigenvalue weighted by atomic mass is 16.5. The zero-order chi connectivity index (χ0) is 11.9. The van der Waals surface area contributed by atoms with Crippen molar-refractivity contribution in [2.45, 2.75) is 37.9 Å². The van der Waals surface area contributed by atoms with E-state index in [2.05, 4.69) is 10.2 Å². The summed E-state index contributed by atoms with van der Waals surface area (Å²) in [7, 11) is 1.77. The van der Waals surface area contributed by atoms with Gasteiger partial charge in [0.05, 0.1) is 18.8 Å². The van der Waals surface area contributed by atoms with E-state index in [0.717, 1.165) is 26.2 Å². The second-order valence-electron chi connectivity index (χ2n) is 5.12. The van der Waals surface area contributed by atoms with Gasteiger partial charge in [0.1, 0.15) is 0 Å². The molecule has 0 aromatic rings. The van der Waals surface area contributed by atoms with Gasteiger partial charge < -0.3 is 19.7 Å². The van der Waals surface area contributed by atoms with Gasteiger partial charge in [-0.25, -0.2) is 0 Å². The Kier molecular flexibility index (Phi) is 5.71. The minimum atomic E-state index is 0.497. The Morgan fingerprint density at radius 2 is 1.71 bits per heavy atom. The highest BCUT2D eigenvalue weighted by Crippen LogP contribution is 2.18. The van der Waals surface area contributed by atoms with Crippen molar-refractivity contribution in [2.75, 3.05) is 46.4 Å². The molecule has 0 radical (unpaired) electrons. The fourth-order valence-electron chi connectivity index (χ4n) is 2.69. The number of nitrogens with one attached hydrogen (secondary N) is 1. The van der Waals surface area contributed by atoms with Crippen LogP contribution >= 0.6 is 0 Å². The van der Waals surface area contributed by atoms with E-state index in [1.807, 2.05) is 0 Å². The van der Waals surface area contributed by atoms with Gasteiger partial charge in [0.2, 0.25) is 0 Å². The third kappa shape index (κ3) is 4.54. The fraction of sp³-hybridized carbons (Fsp3) is 1.00. The number of hydrogen-bond acceptors (Lipinski definition) is 4. The van der Waals surface area contributed by atoms with Crippen LogP contribution < -0.4 is 5.32 Å². The van der Waals surface area contributed by atoms with Crippen LogP contribution in [-0.4, -0.2) is 63.5 Å². The molecular formula is C13H26N2O2. The second-order valence-corrected chi connectivity index (χ2v) is 5.12. The molecule has 2 saturated heterocycles. The van der Waals surface area contributed by atoms with Gasteiger partial charge in [0, 0.05) is 26.7 Å². The normalized spacial score (nSPS) is 25.2. The lowest BCUT2D eigenvalue weighted by molar-refractivity contribution is -0.0545. The van der Waals surface area contributed by atoms with Crippen LogP contribution in [-0.2, 0) is 9.47 Å². The summed E-state index contributed by atoms with van der Waals surface area (Å²) in [4.78, 5) is 2.48. The van der Waals surface area contributed by atoms with Crippen molar-refractivity contribution < 1.29 is 9.47 Å². The molecule has 0 atom stereocenters. The van der Waals surface area contributed by atoms with Crippen LogP contribution in [0.2, 0.25) is 0 Å². The summed E-state index contributed by atoms with van der Waals surface area (Å²) in [5.74, 6) is 0. The molecule has 0 aromatic carbocycles. The Morgan fingerprint density at radius 3 is 2.35 bits per heavy atom. The lowest BCUT2D eigenvalue weighted by Gasteiger charge is -2.34. The second kappa shape index (κ2) is 7.31. The summed E-state index contributed by atoms with van der Waals surface area (Å²) >= 11 is 0. The van der Waals surface area contributed by atoms with Crippen LogP contribution in [0.3, 0.4) is 0 Å². The molecule has 2 rings (SSSR count). The molecule has 0 amide bonds. The summed E-state index contributed by atoms with van der Waals surface area (Å²) in [5.41, 5.74) is 0. The Hall–Kier alpha value is -0.160. The number of hydrogen-bond donors (Lipinski definition) is 1. The Labute approximate surface area is 105 Å². The fourth-order valence-corrected chi connectivity index (χ4v) is 2.69. The largest absolute Gasteiger partial charge is 0.383 e. The lowest BCUT2D eigenvalue weighted by atomic mass is 10.1. The maximum absolute atomic E-state index is 6.19. The average Bonchev–Trinajstić information content (AvgIpc) is 2.39. The first kappa shape index (κ1) is 13.3. The molecule has 17 heavy (non-hydrogen) atoms. The molecule has 2 fully saturated rings. The first-order chi connectivity index (χ1) is 8.38. The number of ether oxygens (including phenoxy) is 2. The quantitative estimate of drug-likeness (QED) is 0.775. The third-order valence-corrected chi connectivity index (χ3v) is 3.82. The number of nitrogens with zero attached hydrogens (tertiary/aromatic N) is 1. The smallest absolute Gasteiger partial charge is 0.0603 e. The maximum atomic E-state index is 6.19. The average molecular weight is 242 g/mol. The van der Waals surface area contributed by atoms with Crippen molar-refractivity contribution in [3.8, 4) is 0 Å². The first-order valence-electron chi connectivity index (χ1n) is 6.96. The summed E-state index contributed by atoms with van der Waals surface area (Å²) in [6.45, 7) is 6.49. The first-order valence-corrected chi connectivity index (χ1v) is 6.96. The molecular weight excluding hydrogens is 216 g/mol. The maximum Gasteiger partial charge on any atom is 0.0603 e. The predicted molar refractivity (Wildman–Crippen MR) is 68.3 cm³/mol. The molecule has 0 aromatic heterocycles. The lowest BCUT2D eigenvalue weighted by Crippen LogP contribution is -2.41. The van der Waals surface area contributed by atoms with E-state index in [1.165, 1.54) is 38.8 Å². The molecule has 2 heterocycles. The molecule has 100 valence electrons. The highest BCUT2D eigenvalue weighted by molar-refractivity contribution is 4.76. The number of likely N-dealkylation sites (tertiary alicyclic amines) is 1. The molecule has 0 unspecified atom stereocenters. The van der Waals surface area contributed by atoms with Crippen molar-refractivity contribution in [1.29, 1.82) is 0 Å². The van der Waals surface area contributed by atoms with Crippen molar-refractivity contribution >= 4 is 0 Å². The molecule has 2 aliphatic rings. The zero-order valence-electron chi connectivity index (χ0n) is 11.0. The Balaban J connectivity index is 1.61. The van der Waals surface area contributed by atoms with E-state index in [4.69, 9.17) is 9.47 Å². The number of rotatable bonds is 5. The highest BCUT2D eigenvalue weighted by Gasteiger charge is 2.23. The van der Waals surface area contributed by atoms with Crippen LogP contribution in [0.5, 0.6) is 0 Å². The van der Waals surface area contributed by atoms with Crippen molar-refractivity contribution in [2.24, 2.45) is 0 Å². The standard InChI is InChI=1S/C13H26N2O2/c1-16-11-10-15-8-4-13(5-9-15)17-12-2-6-14-7-3-12/h12-14H,2-11H2,1H3. The Morgan fingerprint density at radius 1 is 1.06 bits per heavy atom. The zero-order valence-corrected chi connectivity index (χ0v) is 11.0. The van der Waals surface area contributed by atoms with Gasteiger partial charge in [-0.3, -0.25) is 0 Å². The monoisotopic (exact) mass is 242 g/mol. The van der Waals surface area contributed by atoms with Crippen LogP contribution in [0.1, 0.15) is 25.7 Å². The van der Waals surface area contributed by atoms with Crippen LogP contribution in [0, 0.1) is 0 Å². The topological polar surface area (TPSA) is 33.7 Å². The van der Waals surface area contributed by atoms with Crippen LogP contribution in [0.25, 0.3) is 0 Å². The van der Waals surface area contributed by atoms with E-state index < -0.39 is 0 Å². The van der Waals surface area contributed by atoms with E-state index in [9.17, 15) is 0 Å². The summed E-state index contributed by atoms with van der Waals surface area (Å²) in [5, 5.41) is 3.38. The minimum Gasteiger partial charge on any atom is -0.383 e. The van der Waals surface area contributed by atoms with Gasteiger partial charge in [-0.05, 0) is 38.8 Å². The predicted octanol–water partition coefficient (Wildman–Crippen LogP) is 0.866. The summed E-state index contributed by atoms with van der Waals surface area (Å²) in [6, 6.07) is 0. The number of methoxy groups -OCH3 is 1. The molecule has 2 aliphatic heterocycles. The SMILES string of the molecule is COCCN1CCC(OC2CCNCC2)CC1. The molecule has 0 spiro atoms. The van der Waals surface area contributed by atoms with Crippen molar-refractivity contribution in [3.63, 3.8) is 0 Å². The van der Waals surface area contributed by atoms with Crippen LogP contribution in [0.15, 0.2) is 0 Å². The van der Waals surface area contributed by atoms with Gasteiger partial charge in [-0.1, -0.05) is 0 Å².